The summed E-state index contributed by atoms with van der Waals surface area (Å²) in [6.07, 6.45) is 3.59. The molecule has 2 aliphatic heterocycles. The van der Waals surface area contributed by atoms with Gasteiger partial charge in [0.1, 0.15) is 23.1 Å². The average molecular weight is 367 g/mol. The number of para-hydroxylation sites is 2. The van der Waals surface area contributed by atoms with Crippen LogP contribution < -0.4 is 4.90 Å². The number of aromatic nitrogens is 1. The van der Waals surface area contributed by atoms with Gasteiger partial charge in [0.15, 0.2) is 5.58 Å². The lowest BCUT2D eigenvalue weighted by Gasteiger charge is -2.33. The number of furan rings is 1. The number of hydrogen-bond acceptors (Lipinski definition) is 6. The van der Waals surface area contributed by atoms with E-state index in [0.29, 0.717) is 0 Å². The van der Waals surface area contributed by atoms with Crippen LogP contribution in [-0.2, 0) is 11.3 Å². The molecule has 0 aliphatic carbocycles. The Balaban J connectivity index is 1.18. The Bertz CT molecular complexity index is 856. The maximum Gasteiger partial charge on any atom is 0.298 e. The van der Waals surface area contributed by atoms with E-state index < -0.39 is 0 Å². The number of piperazine rings is 1. The summed E-state index contributed by atoms with van der Waals surface area (Å²) >= 11 is 0. The first-order valence-electron chi connectivity index (χ1n) is 9.88. The first-order chi connectivity index (χ1) is 13.3. The minimum atomic E-state index is 0.142. The van der Waals surface area contributed by atoms with E-state index in [0.717, 1.165) is 80.8 Å². The second-order valence-corrected chi connectivity index (χ2v) is 7.39. The van der Waals surface area contributed by atoms with Crippen molar-refractivity contribution >= 4 is 17.1 Å². The summed E-state index contributed by atoms with van der Waals surface area (Å²) in [6.45, 7) is 5.44. The normalized spacial score (nSPS) is 21.8. The largest absolute Gasteiger partial charge is 0.462 e. The van der Waals surface area contributed by atoms with Gasteiger partial charge in [-0.3, -0.25) is 4.90 Å². The van der Waals surface area contributed by atoms with Gasteiger partial charge in [-0.05, 0) is 43.5 Å². The summed E-state index contributed by atoms with van der Waals surface area (Å²) in [4.78, 5) is 9.25. The molecule has 0 spiro atoms. The van der Waals surface area contributed by atoms with E-state index >= 15 is 0 Å². The number of nitrogens with zero attached hydrogens (tertiary/aromatic N) is 3. The molecule has 0 saturated carbocycles. The average Bonchev–Trinajstić information content (AvgIpc) is 3.36. The minimum absolute atomic E-state index is 0.142. The molecule has 3 aromatic rings. The maximum atomic E-state index is 6.07. The van der Waals surface area contributed by atoms with Crippen molar-refractivity contribution in [2.45, 2.75) is 31.9 Å². The Morgan fingerprint density at radius 1 is 0.963 bits per heavy atom. The third-order valence-corrected chi connectivity index (χ3v) is 5.48. The number of benzene rings is 1. The van der Waals surface area contributed by atoms with E-state index in [1.54, 1.807) is 0 Å². The third-order valence-electron chi connectivity index (χ3n) is 5.48. The van der Waals surface area contributed by atoms with Gasteiger partial charge >= 0.3 is 0 Å². The van der Waals surface area contributed by atoms with E-state index in [1.807, 2.05) is 24.3 Å². The highest BCUT2D eigenvalue weighted by molar-refractivity contribution is 5.74. The van der Waals surface area contributed by atoms with E-state index in [-0.39, 0.29) is 6.10 Å². The number of fused-ring (bicyclic) bond motifs is 1. The molecule has 0 amide bonds. The summed E-state index contributed by atoms with van der Waals surface area (Å²) in [5.41, 5.74) is 1.77. The van der Waals surface area contributed by atoms with Crippen LogP contribution in [0.1, 0.15) is 36.9 Å². The zero-order valence-electron chi connectivity index (χ0n) is 15.5. The van der Waals surface area contributed by atoms with Crippen molar-refractivity contribution in [3.63, 3.8) is 0 Å². The van der Waals surface area contributed by atoms with Crippen LogP contribution in [0.25, 0.3) is 11.1 Å². The Morgan fingerprint density at radius 3 is 2.67 bits per heavy atom. The molecule has 0 bridgehead atoms. The monoisotopic (exact) mass is 367 g/mol. The van der Waals surface area contributed by atoms with Crippen molar-refractivity contribution in [2.24, 2.45) is 0 Å². The quantitative estimate of drug-likeness (QED) is 0.695. The Labute approximate surface area is 158 Å². The molecule has 142 valence electrons. The van der Waals surface area contributed by atoms with Crippen molar-refractivity contribution in [3.05, 3.63) is 47.9 Å². The SMILES string of the molecule is c1ccc2oc(N3CCN(Cc4ccc(C5CCCCO5)o4)CC3)nc2c1. The van der Waals surface area contributed by atoms with Crippen LogP contribution in [0.15, 0.2) is 45.2 Å². The van der Waals surface area contributed by atoms with Gasteiger partial charge in [-0.15, -0.1) is 0 Å². The fourth-order valence-electron chi connectivity index (χ4n) is 3.93. The lowest BCUT2D eigenvalue weighted by atomic mass is 10.1. The van der Waals surface area contributed by atoms with Crippen LogP contribution >= 0.6 is 0 Å². The summed E-state index contributed by atoms with van der Waals surface area (Å²) in [7, 11) is 0. The maximum absolute atomic E-state index is 6.07. The standard InChI is InChI=1S/C21H25N3O3/c1-2-6-18-17(5-1)22-21(27-18)24-12-10-23(11-13-24)15-16-8-9-20(26-16)19-7-3-4-14-25-19/h1-2,5-6,8-9,19H,3-4,7,10-15H2. The summed E-state index contributed by atoms with van der Waals surface area (Å²) in [5, 5.41) is 0. The molecule has 2 aromatic heterocycles. The van der Waals surface area contributed by atoms with E-state index in [1.165, 1.54) is 6.42 Å². The van der Waals surface area contributed by atoms with Crippen LogP contribution in [0, 0.1) is 0 Å². The van der Waals surface area contributed by atoms with Gasteiger partial charge in [-0.2, -0.15) is 4.98 Å². The summed E-state index contributed by atoms with van der Waals surface area (Å²) in [6, 6.07) is 12.8. The first-order valence-corrected chi connectivity index (χ1v) is 9.88. The van der Waals surface area contributed by atoms with Gasteiger partial charge in [-0.25, -0.2) is 0 Å². The molecule has 6 heteroatoms. The molecule has 1 atom stereocenters. The molecular formula is C21H25N3O3. The molecule has 0 N–H and O–H groups in total. The molecule has 1 aromatic carbocycles. The predicted molar refractivity (Wildman–Crippen MR) is 103 cm³/mol. The fraction of sp³-hybridized carbons (Fsp3) is 0.476. The second kappa shape index (κ2) is 7.37. The number of hydrogen-bond donors (Lipinski definition) is 0. The van der Waals surface area contributed by atoms with Crippen molar-refractivity contribution < 1.29 is 13.6 Å². The zero-order valence-corrected chi connectivity index (χ0v) is 15.5. The predicted octanol–water partition coefficient (Wildman–Crippen LogP) is 3.98. The number of anilines is 1. The minimum Gasteiger partial charge on any atom is -0.462 e. The Kier molecular flexibility index (Phi) is 4.59. The Morgan fingerprint density at radius 2 is 1.85 bits per heavy atom. The molecule has 2 aliphatic rings. The van der Waals surface area contributed by atoms with Crippen molar-refractivity contribution in [3.8, 4) is 0 Å². The zero-order chi connectivity index (χ0) is 18.1. The van der Waals surface area contributed by atoms with E-state index in [2.05, 4.69) is 26.9 Å². The van der Waals surface area contributed by atoms with Crippen LogP contribution in [0.5, 0.6) is 0 Å². The molecule has 6 nitrogen and oxygen atoms in total. The topological polar surface area (TPSA) is 54.9 Å². The van der Waals surface area contributed by atoms with Gasteiger partial charge in [0.2, 0.25) is 0 Å². The lowest BCUT2D eigenvalue weighted by molar-refractivity contribution is 0.000830. The van der Waals surface area contributed by atoms with E-state index in [9.17, 15) is 0 Å². The molecule has 5 rings (SSSR count). The lowest BCUT2D eigenvalue weighted by Crippen LogP contribution is -2.46. The molecular weight excluding hydrogens is 342 g/mol. The van der Waals surface area contributed by atoms with Gasteiger partial charge in [-0.1, -0.05) is 12.1 Å². The molecule has 2 saturated heterocycles. The summed E-state index contributed by atoms with van der Waals surface area (Å²) < 4.78 is 17.8. The highest BCUT2D eigenvalue weighted by atomic mass is 16.5. The smallest absolute Gasteiger partial charge is 0.298 e. The van der Waals surface area contributed by atoms with Crippen molar-refractivity contribution in [1.29, 1.82) is 0 Å². The fourth-order valence-corrected chi connectivity index (χ4v) is 3.93. The van der Waals surface area contributed by atoms with Gasteiger partial charge < -0.3 is 18.5 Å². The Hall–Kier alpha value is -2.31. The van der Waals surface area contributed by atoms with Gasteiger partial charge in [0.05, 0.1) is 6.54 Å². The van der Waals surface area contributed by atoms with Crippen molar-refractivity contribution in [1.82, 2.24) is 9.88 Å². The van der Waals surface area contributed by atoms with Crippen LogP contribution in [-0.4, -0.2) is 42.7 Å². The molecule has 27 heavy (non-hydrogen) atoms. The number of ether oxygens (including phenoxy) is 1. The van der Waals surface area contributed by atoms with Crippen molar-refractivity contribution in [2.75, 3.05) is 37.7 Å². The van der Waals surface area contributed by atoms with Crippen LogP contribution in [0.2, 0.25) is 0 Å². The molecule has 4 heterocycles. The third kappa shape index (κ3) is 3.59. The van der Waals surface area contributed by atoms with Crippen LogP contribution in [0.4, 0.5) is 6.01 Å². The van der Waals surface area contributed by atoms with Gasteiger partial charge in [0.25, 0.3) is 6.01 Å². The second-order valence-electron chi connectivity index (χ2n) is 7.39. The number of rotatable bonds is 4. The molecule has 0 radical (unpaired) electrons. The van der Waals surface area contributed by atoms with Crippen LogP contribution in [0.3, 0.4) is 0 Å². The molecule has 2 fully saturated rings. The van der Waals surface area contributed by atoms with E-state index in [4.69, 9.17) is 13.6 Å². The molecule has 1 unspecified atom stereocenters. The summed E-state index contributed by atoms with van der Waals surface area (Å²) in [5.74, 6) is 2.00. The first kappa shape index (κ1) is 16.8. The highest BCUT2D eigenvalue weighted by Gasteiger charge is 2.23. The number of oxazole rings is 1. The highest BCUT2D eigenvalue weighted by Crippen LogP contribution is 2.29. The van der Waals surface area contributed by atoms with Gasteiger partial charge in [0, 0.05) is 32.8 Å².